The molecule has 0 saturated carbocycles. The highest BCUT2D eigenvalue weighted by Crippen LogP contribution is 2.42. The zero-order valence-electron chi connectivity index (χ0n) is 22.1. The molecule has 0 aliphatic carbocycles. The number of nitro benzene ring substituents is 1. The van der Waals surface area contributed by atoms with Gasteiger partial charge in [-0.25, -0.2) is 22.4 Å². The molecular formula is C23H31ClFN3O8S. The van der Waals surface area contributed by atoms with Gasteiger partial charge in [-0.1, -0.05) is 11.6 Å². The van der Waals surface area contributed by atoms with E-state index in [4.69, 9.17) is 21.1 Å². The van der Waals surface area contributed by atoms with Crippen LogP contribution in [0.2, 0.25) is 5.02 Å². The molecule has 1 aromatic carbocycles. The fourth-order valence-corrected chi connectivity index (χ4v) is 5.43. The minimum Gasteiger partial charge on any atom is -0.443 e. The van der Waals surface area contributed by atoms with Crippen molar-refractivity contribution in [3.05, 3.63) is 38.7 Å². The van der Waals surface area contributed by atoms with E-state index in [9.17, 15) is 28.1 Å². The molecule has 0 saturated heterocycles. The number of imide groups is 1. The summed E-state index contributed by atoms with van der Waals surface area (Å²) in [6.07, 6.45) is -2.55. The van der Waals surface area contributed by atoms with Gasteiger partial charge in [0.25, 0.3) is 5.69 Å². The number of rotatable bonds is 2. The Kier molecular flexibility index (Phi) is 7.81. The van der Waals surface area contributed by atoms with E-state index >= 15 is 4.39 Å². The molecule has 14 heteroatoms. The third-order valence-corrected chi connectivity index (χ3v) is 8.26. The van der Waals surface area contributed by atoms with E-state index in [1.54, 1.807) is 0 Å². The smallest absolute Gasteiger partial charge is 0.425 e. The number of carbonyl (C=O) groups excluding carboxylic acids is 2. The Bertz CT molecular complexity index is 1250. The summed E-state index contributed by atoms with van der Waals surface area (Å²) in [5, 5.41) is 10.8. The van der Waals surface area contributed by atoms with Gasteiger partial charge in [0.1, 0.15) is 33.1 Å². The lowest BCUT2D eigenvalue weighted by atomic mass is 9.92. The van der Waals surface area contributed by atoms with Crippen LogP contribution in [0.15, 0.2) is 17.1 Å². The predicted octanol–water partition coefficient (Wildman–Crippen LogP) is 5.38. The first-order chi connectivity index (χ1) is 16.4. The second-order valence-corrected chi connectivity index (χ2v) is 14.3. The molecule has 0 N–H and O–H groups in total. The van der Waals surface area contributed by atoms with Gasteiger partial charge in [-0.3, -0.25) is 15.1 Å². The number of amides is 2. The highest BCUT2D eigenvalue weighted by molar-refractivity contribution is 7.93. The summed E-state index contributed by atoms with van der Waals surface area (Å²) in [6.45, 7) is 12.9. The Hall–Kier alpha value is -2.80. The van der Waals surface area contributed by atoms with Crippen molar-refractivity contribution in [3.8, 4) is 0 Å². The standard InChI is InChI=1S/C23H31ClFN3O8S/c1-20(2,3)35-18(29)27(19(30)36-21(4,5)6)17-22(7,8)37(33,34)12-23(9,26-17)14-10-13(28(31)32)11-15(24)16(14)25/h10-11H,12H2,1-9H3/t23-/m0/s1. The third-order valence-electron chi connectivity index (χ3n) is 5.31. The van der Waals surface area contributed by atoms with Crippen LogP contribution in [0.1, 0.15) is 67.9 Å². The number of halogens is 2. The highest BCUT2D eigenvalue weighted by Gasteiger charge is 2.55. The number of aliphatic imine (C=N–C) groups is 1. The van der Waals surface area contributed by atoms with Crippen LogP contribution in [-0.4, -0.2) is 58.0 Å². The number of hydrogen-bond acceptors (Lipinski definition) is 9. The summed E-state index contributed by atoms with van der Waals surface area (Å²) in [4.78, 5) is 41.8. The second kappa shape index (κ2) is 9.50. The van der Waals surface area contributed by atoms with Gasteiger partial charge >= 0.3 is 12.2 Å². The Balaban J connectivity index is 2.93. The van der Waals surface area contributed by atoms with E-state index in [1.165, 1.54) is 62.3 Å². The van der Waals surface area contributed by atoms with Crippen LogP contribution < -0.4 is 0 Å². The molecule has 0 radical (unpaired) electrons. The van der Waals surface area contributed by atoms with Crippen molar-refractivity contribution >= 4 is 45.1 Å². The van der Waals surface area contributed by atoms with E-state index < -0.39 is 82.1 Å². The molecule has 1 aliphatic rings. The van der Waals surface area contributed by atoms with Crippen LogP contribution in [0.3, 0.4) is 0 Å². The number of ether oxygens (including phenoxy) is 2. The summed E-state index contributed by atoms with van der Waals surface area (Å²) in [5.74, 6) is -2.54. The first kappa shape index (κ1) is 30.4. The molecule has 0 unspecified atom stereocenters. The number of nitrogens with zero attached hydrogens (tertiary/aromatic N) is 3. The van der Waals surface area contributed by atoms with Crippen LogP contribution in [-0.2, 0) is 24.8 Å². The van der Waals surface area contributed by atoms with E-state index in [0.717, 1.165) is 12.1 Å². The maximum Gasteiger partial charge on any atom is 0.425 e. The minimum atomic E-state index is -4.30. The van der Waals surface area contributed by atoms with Gasteiger partial charge in [0.05, 0.1) is 15.7 Å². The van der Waals surface area contributed by atoms with Gasteiger partial charge in [0.15, 0.2) is 9.84 Å². The van der Waals surface area contributed by atoms with Crippen molar-refractivity contribution in [2.24, 2.45) is 4.99 Å². The van der Waals surface area contributed by atoms with E-state index in [2.05, 4.69) is 4.99 Å². The number of hydrogen-bond donors (Lipinski definition) is 0. The summed E-state index contributed by atoms with van der Waals surface area (Å²) < 4.78 is 51.0. The third kappa shape index (κ3) is 6.38. The largest absolute Gasteiger partial charge is 0.443 e. The molecule has 2 amide bonds. The zero-order chi connectivity index (χ0) is 28.9. The molecule has 1 aromatic rings. The normalized spacial score (nSPS) is 21.0. The lowest BCUT2D eigenvalue weighted by Crippen LogP contribution is -2.61. The van der Waals surface area contributed by atoms with Crippen molar-refractivity contribution in [2.45, 2.75) is 83.8 Å². The topological polar surface area (TPSA) is 145 Å². The van der Waals surface area contributed by atoms with Crippen molar-refractivity contribution in [2.75, 3.05) is 5.75 Å². The van der Waals surface area contributed by atoms with Crippen LogP contribution in [0.4, 0.5) is 19.7 Å². The molecule has 1 heterocycles. The molecule has 37 heavy (non-hydrogen) atoms. The van der Waals surface area contributed by atoms with Crippen LogP contribution >= 0.6 is 11.6 Å². The molecule has 0 bridgehead atoms. The lowest BCUT2D eigenvalue weighted by Gasteiger charge is -2.42. The van der Waals surface area contributed by atoms with Crippen LogP contribution in [0, 0.1) is 15.9 Å². The van der Waals surface area contributed by atoms with Gasteiger partial charge in [-0.2, -0.15) is 4.90 Å². The SMILES string of the molecule is CC(C)(C)OC(=O)N(C(=O)OC(C)(C)C)C1=N[C@](C)(c2cc([N+](=O)[O-])cc(Cl)c2F)CS(=O)(=O)C1(C)C. The summed E-state index contributed by atoms with van der Waals surface area (Å²) in [7, 11) is -4.30. The Morgan fingerprint density at radius 2 is 1.54 bits per heavy atom. The Morgan fingerprint density at radius 3 is 1.95 bits per heavy atom. The van der Waals surface area contributed by atoms with Crippen LogP contribution in [0.25, 0.3) is 0 Å². The summed E-state index contributed by atoms with van der Waals surface area (Å²) >= 11 is 5.88. The van der Waals surface area contributed by atoms with E-state index in [0.29, 0.717) is 4.90 Å². The van der Waals surface area contributed by atoms with Crippen molar-refractivity contribution in [3.63, 3.8) is 0 Å². The van der Waals surface area contributed by atoms with Gasteiger partial charge in [-0.15, -0.1) is 0 Å². The zero-order valence-corrected chi connectivity index (χ0v) is 23.7. The van der Waals surface area contributed by atoms with Gasteiger partial charge < -0.3 is 9.47 Å². The summed E-state index contributed by atoms with van der Waals surface area (Å²) in [5.41, 5.74) is -5.32. The monoisotopic (exact) mass is 563 g/mol. The fraction of sp³-hybridized carbons (Fsp3) is 0.609. The predicted molar refractivity (Wildman–Crippen MR) is 135 cm³/mol. The first-order valence-electron chi connectivity index (χ1n) is 11.1. The van der Waals surface area contributed by atoms with Crippen molar-refractivity contribution < 1.29 is 36.8 Å². The number of benzene rings is 1. The second-order valence-electron chi connectivity index (χ2n) is 11.3. The maximum atomic E-state index is 15.2. The molecule has 1 aliphatic heterocycles. The first-order valence-corrected chi connectivity index (χ1v) is 13.2. The van der Waals surface area contributed by atoms with Gasteiger partial charge in [-0.05, 0) is 62.3 Å². The van der Waals surface area contributed by atoms with Gasteiger partial charge in [0, 0.05) is 17.7 Å². The molecule has 0 spiro atoms. The average Bonchev–Trinajstić information content (AvgIpc) is 2.64. The molecular weight excluding hydrogens is 533 g/mol. The van der Waals surface area contributed by atoms with Crippen LogP contribution in [0.5, 0.6) is 0 Å². The highest BCUT2D eigenvalue weighted by atomic mass is 35.5. The molecule has 0 aromatic heterocycles. The number of amidine groups is 1. The quantitative estimate of drug-likeness (QED) is 0.344. The number of nitro groups is 1. The molecule has 0 fully saturated rings. The number of sulfone groups is 1. The Morgan fingerprint density at radius 1 is 1.08 bits per heavy atom. The van der Waals surface area contributed by atoms with Crippen molar-refractivity contribution in [1.82, 2.24) is 4.90 Å². The van der Waals surface area contributed by atoms with Gasteiger partial charge in [0.2, 0.25) is 0 Å². The molecule has 2 rings (SSSR count). The summed E-state index contributed by atoms with van der Waals surface area (Å²) in [6, 6.07) is 1.60. The number of non-ortho nitro benzene ring substituents is 1. The molecule has 206 valence electrons. The lowest BCUT2D eigenvalue weighted by molar-refractivity contribution is -0.385. The average molecular weight is 564 g/mol. The van der Waals surface area contributed by atoms with Crippen molar-refractivity contribution in [1.29, 1.82) is 0 Å². The minimum absolute atomic E-state index is 0.363. The molecule has 11 nitrogen and oxygen atoms in total. The molecule has 1 atom stereocenters. The number of carbonyl (C=O) groups is 2. The Labute approximate surface area is 220 Å². The van der Waals surface area contributed by atoms with E-state index in [1.807, 2.05) is 0 Å². The van der Waals surface area contributed by atoms with E-state index in [-0.39, 0.29) is 0 Å². The fourth-order valence-electron chi connectivity index (χ4n) is 3.48. The maximum absolute atomic E-state index is 15.2.